The molecule has 0 aliphatic carbocycles. The summed E-state index contributed by atoms with van der Waals surface area (Å²) in [6.07, 6.45) is 4.68. The lowest BCUT2D eigenvalue weighted by Crippen LogP contribution is -2.30. The number of rotatable bonds is 6. The van der Waals surface area contributed by atoms with Crippen molar-refractivity contribution in [1.82, 2.24) is 20.1 Å². The van der Waals surface area contributed by atoms with Gasteiger partial charge in [-0.05, 0) is 62.4 Å². The quantitative estimate of drug-likeness (QED) is 0.710. The zero-order valence-electron chi connectivity index (χ0n) is 17.3. The van der Waals surface area contributed by atoms with Crippen molar-refractivity contribution in [2.75, 3.05) is 0 Å². The number of aryl methyl sites for hydroxylation is 4. The Bertz CT molecular complexity index is 976. The lowest BCUT2D eigenvalue weighted by atomic mass is 9.94. The zero-order valence-corrected chi connectivity index (χ0v) is 17.3. The van der Waals surface area contributed by atoms with E-state index in [2.05, 4.69) is 47.4 Å². The molecule has 5 heteroatoms. The molecule has 0 aliphatic rings. The van der Waals surface area contributed by atoms with Crippen molar-refractivity contribution in [3.8, 4) is 0 Å². The summed E-state index contributed by atoms with van der Waals surface area (Å²) >= 11 is 0. The van der Waals surface area contributed by atoms with Gasteiger partial charge >= 0.3 is 0 Å². The molecule has 0 unspecified atom stereocenters. The van der Waals surface area contributed by atoms with Crippen LogP contribution in [0.25, 0.3) is 0 Å². The van der Waals surface area contributed by atoms with E-state index in [0.717, 1.165) is 33.6 Å². The summed E-state index contributed by atoms with van der Waals surface area (Å²) in [5.41, 5.74) is 7.68. The van der Waals surface area contributed by atoms with Gasteiger partial charge in [0.05, 0.1) is 11.7 Å². The van der Waals surface area contributed by atoms with Gasteiger partial charge in [-0.3, -0.25) is 14.5 Å². The molecule has 5 nitrogen and oxygen atoms in total. The fourth-order valence-corrected chi connectivity index (χ4v) is 3.61. The van der Waals surface area contributed by atoms with Gasteiger partial charge in [0.1, 0.15) is 0 Å². The molecule has 0 aliphatic heterocycles. The normalized spacial score (nSPS) is 12.0. The van der Waals surface area contributed by atoms with Crippen LogP contribution in [0.15, 0.2) is 42.7 Å². The van der Waals surface area contributed by atoms with E-state index in [9.17, 15) is 4.79 Å². The Morgan fingerprint density at radius 2 is 1.96 bits per heavy atom. The molecular weight excluding hydrogens is 348 g/mol. The average Bonchev–Trinajstić information content (AvgIpc) is 2.92. The largest absolute Gasteiger partial charge is 0.345 e. The Morgan fingerprint density at radius 1 is 1.18 bits per heavy atom. The highest BCUT2D eigenvalue weighted by Crippen LogP contribution is 2.26. The molecule has 2 heterocycles. The summed E-state index contributed by atoms with van der Waals surface area (Å²) < 4.78 is 1.87. The first-order valence-corrected chi connectivity index (χ1v) is 9.62. The minimum absolute atomic E-state index is 0.0254. The maximum absolute atomic E-state index is 12.8. The van der Waals surface area contributed by atoms with E-state index < -0.39 is 0 Å². The monoisotopic (exact) mass is 376 g/mol. The van der Waals surface area contributed by atoms with Gasteiger partial charge in [-0.1, -0.05) is 29.8 Å². The van der Waals surface area contributed by atoms with Crippen LogP contribution in [0.3, 0.4) is 0 Å². The van der Waals surface area contributed by atoms with Crippen LogP contribution < -0.4 is 5.32 Å². The lowest BCUT2D eigenvalue weighted by molar-refractivity contribution is -0.121. The van der Waals surface area contributed by atoms with Crippen LogP contribution in [0, 0.1) is 27.7 Å². The average molecular weight is 377 g/mol. The summed E-state index contributed by atoms with van der Waals surface area (Å²) in [5, 5.41) is 7.67. The lowest BCUT2D eigenvalue weighted by Gasteiger charge is -2.22. The van der Waals surface area contributed by atoms with Crippen LogP contribution >= 0.6 is 0 Å². The first-order chi connectivity index (χ1) is 13.4. The summed E-state index contributed by atoms with van der Waals surface area (Å²) in [6.45, 7) is 8.18. The van der Waals surface area contributed by atoms with Gasteiger partial charge < -0.3 is 5.32 Å². The Hall–Kier alpha value is -2.95. The Morgan fingerprint density at radius 3 is 2.61 bits per heavy atom. The maximum Gasteiger partial charge on any atom is 0.221 e. The molecule has 0 bridgehead atoms. The number of pyridine rings is 1. The highest BCUT2D eigenvalue weighted by atomic mass is 16.1. The Balaban J connectivity index is 1.81. The van der Waals surface area contributed by atoms with E-state index in [1.165, 1.54) is 5.56 Å². The molecule has 146 valence electrons. The van der Waals surface area contributed by atoms with Crippen LogP contribution in [-0.2, 0) is 18.3 Å². The molecule has 0 radical (unpaired) electrons. The third-order valence-electron chi connectivity index (χ3n) is 5.33. The summed E-state index contributed by atoms with van der Waals surface area (Å²) in [7, 11) is 1.94. The van der Waals surface area contributed by atoms with Crippen LogP contribution in [-0.4, -0.2) is 20.7 Å². The second-order valence-electron chi connectivity index (χ2n) is 7.42. The highest BCUT2D eigenvalue weighted by Gasteiger charge is 2.20. The minimum atomic E-state index is -0.211. The van der Waals surface area contributed by atoms with Gasteiger partial charge in [0.25, 0.3) is 0 Å². The van der Waals surface area contributed by atoms with Crippen LogP contribution in [0.1, 0.15) is 51.7 Å². The first kappa shape index (κ1) is 19.8. The Labute approximate surface area is 166 Å². The number of nitrogens with zero attached hydrogens (tertiary/aromatic N) is 3. The molecule has 0 fully saturated rings. The third-order valence-corrected chi connectivity index (χ3v) is 5.33. The fraction of sp³-hybridized carbons (Fsp3) is 0.348. The van der Waals surface area contributed by atoms with Crippen molar-refractivity contribution in [3.63, 3.8) is 0 Å². The number of carbonyl (C=O) groups excluding carboxylic acids is 1. The second kappa shape index (κ2) is 8.38. The van der Waals surface area contributed by atoms with Crippen molar-refractivity contribution in [2.45, 2.75) is 46.6 Å². The molecule has 0 saturated heterocycles. The predicted octanol–water partition coefficient (Wildman–Crippen LogP) is 3.89. The summed E-state index contributed by atoms with van der Waals surface area (Å²) in [4.78, 5) is 17.1. The standard InChI is InChI=1S/C23H28N4O/c1-15-8-9-16(2)21(13-15)23(19-7-6-12-24-14-19)25-22(28)11-10-20-17(3)26-27(5)18(20)4/h6-9,12-14,23H,10-11H2,1-5H3,(H,25,28)/t23-/m1/s1. The van der Waals surface area contributed by atoms with E-state index in [-0.39, 0.29) is 11.9 Å². The Kier molecular flexibility index (Phi) is 5.93. The van der Waals surface area contributed by atoms with Crippen molar-refractivity contribution < 1.29 is 4.79 Å². The van der Waals surface area contributed by atoms with Gasteiger partial charge in [-0.2, -0.15) is 5.10 Å². The van der Waals surface area contributed by atoms with Crippen molar-refractivity contribution >= 4 is 5.91 Å². The summed E-state index contributed by atoms with van der Waals surface area (Å²) in [6, 6.07) is 10.0. The van der Waals surface area contributed by atoms with Crippen LogP contribution in [0.4, 0.5) is 0 Å². The number of nitrogens with one attached hydrogen (secondary N) is 1. The molecule has 1 amide bonds. The van der Waals surface area contributed by atoms with E-state index in [1.54, 1.807) is 6.20 Å². The minimum Gasteiger partial charge on any atom is -0.345 e. The smallest absolute Gasteiger partial charge is 0.221 e. The molecular formula is C23H28N4O. The zero-order chi connectivity index (χ0) is 20.3. The number of aromatic nitrogens is 3. The molecule has 0 saturated carbocycles. The van der Waals surface area contributed by atoms with E-state index in [4.69, 9.17) is 0 Å². The van der Waals surface area contributed by atoms with E-state index in [1.807, 2.05) is 43.9 Å². The third kappa shape index (κ3) is 4.30. The number of hydrogen-bond acceptors (Lipinski definition) is 3. The van der Waals surface area contributed by atoms with Gasteiger partial charge in [-0.25, -0.2) is 0 Å². The molecule has 28 heavy (non-hydrogen) atoms. The van der Waals surface area contributed by atoms with Crippen LogP contribution in [0.2, 0.25) is 0 Å². The van der Waals surface area contributed by atoms with Gasteiger partial charge in [0.2, 0.25) is 5.91 Å². The maximum atomic E-state index is 12.8. The highest BCUT2D eigenvalue weighted by molar-refractivity contribution is 5.77. The molecule has 1 aromatic carbocycles. The number of amides is 1. The summed E-state index contributed by atoms with van der Waals surface area (Å²) in [5.74, 6) is 0.0254. The van der Waals surface area contributed by atoms with Gasteiger partial charge in [-0.15, -0.1) is 0 Å². The number of benzene rings is 1. The topological polar surface area (TPSA) is 59.8 Å². The van der Waals surface area contributed by atoms with Crippen molar-refractivity contribution in [3.05, 3.63) is 81.9 Å². The molecule has 3 aromatic rings. The molecule has 1 N–H and O–H groups in total. The first-order valence-electron chi connectivity index (χ1n) is 9.62. The van der Waals surface area contributed by atoms with Gasteiger partial charge in [0, 0.05) is 31.6 Å². The second-order valence-corrected chi connectivity index (χ2v) is 7.42. The SMILES string of the molecule is Cc1ccc(C)c([C@H](NC(=O)CCc2c(C)nn(C)c2C)c2cccnc2)c1. The predicted molar refractivity (Wildman–Crippen MR) is 111 cm³/mol. The molecule has 2 aromatic heterocycles. The van der Waals surface area contributed by atoms with E-state index in [0.29, 0.717) is 12.8 Å². The van der Waals surface area contributed by atoms with Crippen molar-refractivity contribution in [1.29, 1.82) is 0 Å². The number of carbonyl (C=O) groups is 1. The number of hydrogen-bond donors (Lipinski definition) is 1. The molecule has 1 atom stereocenters. The van der Waals surface area contributed by atoms with Gasteiger partial charge in [0.15, 0.2) is 0 Å². The fourth-order valence-electron chi connectivity index (χ4n) is 3.61. The van der Waals surface area contributed by atoms with E-state index >= 15 is 0 Å². The van der Waals surface area contributed by atoms with Crippen LogP contribution in [0.5, 0.6) is 0 Å². The molecule has 3 rings (SSSR count). The van der Waals surface area contributed by atoms with Crippen molar-refractivity contribution in [2.24, 2.45) is 7.05 Å². The molecule has 0 spiro atoms.